The zero-order chi connectivity index (χ0) is 16.1. The number of nitro benzene ring substituents is 1. The highest BCUT2D eigenvalue weighted by Crippen LogP contribution is 2.22. The fourth-order valence-electron chi connectivity index (χ4n) is 2.28. The molecule has 0 saturated carbocycles. The summed E-state index contributed by atoms with van der Waals surface area (Å²) in [6, 6.07) is 4.44. The smallest absolute Gasteiger partial charge is 0.272 e. The maximum absolute atomic E-state index is 11.8. The van der Waals surface area contributed by atoms with E-state index in [9.17, 15) is 14.9 Å². The number of rotatable bonds is 5. The molecule has 0 radical (unpaired) electrons. The van der Waals surface area contributed by atoms with Crippen LogP contribution in [0.2, 0.25) is 0 Å². The van der Waals surface area contributed by atoms with Gasteiger partial charge in [0, 0.05) is 11.6 Å². The Balaban J connectivity index is 1.81. The Morgan fingerprint density at radius 3 is 2.73 bits per heavy atom. The molecule has 1 aromatic rings. The van der Waals surface area contributed by atoms with Gasteiger partial charge in [0.2, 0.25) is 0 Å². The van der Waals surface area contributed by atoms with Crippen molar-refractivity contribution < 1.29 is 19.4 Å². The zero-order valence-corrected chi connectivity index (χ0v) is 12.8. The zero-order valence-electron chi connectivity index (χ0n) is 12.8. The molecule has 8 nitrogen and oxygen atoms in total. The van der Waals surface area contributed by atoms with Crippen LogP contribution in [0.3, 0.4) is 0 Å². The molecule has 1 aromatic carbocycles. The molecular formula is C14H21N4O4+. The van der Waals surface area contributed by atoms with Crippen LogP contribution in [0.15, 0.2) is 18.2 Å². The summed E-state index contributed by atoms with van der Waals surface area (Å²) in [5.74, 6) is 0.219. The van der Waals surface area contributed by atoms with E-state index >= 15 is 0 Å². The van der Waals surface area contributed by atoms with E-state index in [1.54, 1.807) is 13.0 Å². The van der Waals surface area contributed by atoms with E-state index in [2.05, 4.69) is 12.5 Å². The molecule has 0 spiro atoms. The second-order valence-corrected chi connectivity index (χ2v) is 5.47. The summed E-state index contributed by atoms with van der Waals surface area (Å²) in [4.78, 5) is 23.6. The molecule has 2 rings (SSSR count). The third-order valence-corrected chi connectivity index (χ3v) is 3.63. The number of hydrogen-bond acceptors (Lipinski definition) is 5. The molecular weight excluding hydrogens is 288 g/mol. The van der Waals surface area contributed by atoms with Gasteiger partial charge in [0.05, 0.1) is 38.2 Å². The normalized spacial score (nSPS) is 16.3. The summed E-state index contributed by atoms with van der Waals surface area (Å²) in [5, 5.41) is 12.6. The summed E-state index contributed by atoms with van der Waals surface area (Å²) < 4.78 is 5.38. The first-order chi connectivity index (χ1) is 10.5. The summed E-state index contributed by atoms with van der Waals surface area (Å²) >= 11 is 0. The van der Waals surface area contributed by atoms with Gasteiger partial charge in [-0.3, -0.25) is 20.3 Å². The van der Waals surface area contributed by atoms with Crippen molar-refractivity contribution in [3.63, 3.8) is 0 Å². The molecule has 1 fully saturated rings. The molecule has 1 saturated heterocycles. The highest BCUT2D eigenvalue weighted by Gasteiger charge is 2.18. The van der Waals surface area contributed by atoms with Crippen molar-refractivity contribution in [1.82, 2.24) is 10.4 Å². The topological polar surface area (TPSA) is 89.2 Å². The minimum absolute atomic E-state index is 0.0386. The monoisotopic (exact) mass is 309 g/mol. The Kier molecular flexibility index (Phi) is 5.29. The van der Waals surface area contributed by atoms with Gasteiger partial charge in [-0.15, -0.1) is 0 Å². The molecule has 0 aliphatic carbocycles. The number of amides is 1. The minimum atomic E-state index is -0.443. The lowest BCUT2D eigenvalue weighted by Gasteiger charge is -2.29. The van der Waals surface area contributed by atoms with Gasteiger partial charge in [-0.05, 0) is 19.1 Å². The Labute approximate surface area is 128 Å². The number of nitro groups is 1. The summed E-state index contributed by atoms with van der Waals surface area (Å²) in [5.41, 5.74) is 3.34. The predicted octanol–water partition coefficient (Wildman–Crippen LogP) is -0.856. The highest BCUT2D eigenvalue weighted by molar-refractivity contribution is 5.77. The third kappa shape index (κ3) is 4.40. The van der Waals surface area contributed by atoms with E-state index in [-0.39, 0.29) is 18.2 Å². The summed E-state index contributed by atoms with van der Waals surface area (Å²) in [7, 11) is 2.12. The molecule has 0 atom stereocenters. The molecule has 0 aromatic heterocycles. The van der Waals surface area contributed by atoms with Crippen LogP contribution >= 0.6 is 0 Å². The van der Waals surface area contributed by atoms with Gasteiger partial charge in [0.1, 0.15) is 5.75 Å². The molecule has 22 heavy (non-hydrogen) atoms. The molecule has 0 unspecified atom stereocenters. The summed E-state index contributed by atoms with van der Waals surface area (Å²) in [6.07, 6.45) is 0. The first kappa shape index (κ1) is 16.2. The lowest BCUT2D eigenvalue weighted by molar-refractivity contribution is -0.884. The SMILES string of the molecule is Cc1cc(OCC(=O)NN2CC[NH+](C)CC2)ccc1[N+](=O)[O-]. The maximum Gasteiger partial charge on any atom is 0.272 e. The van der Waals surface area contributed by atoms with Gasteiger partial charge in [-0.1, -0.05) is 0 Å². The number of nitrogens with one attached hydrogen (secondary N) is 2. The number of hydrogen-bond donors (Lipinski definition) is 2. The van der Waals surface area contributed by atoms with E-state index in [0.717, 1.165) is 26.2 Å². The van der Waals surface area contributed by atoms with Gasteiger partial charge >= 0.3 is 0 Å². The van der Waals surface area contributed by atoms with E-state index in [1.165, 1.54) is 17.0 Å². The average molecular weight is 309 g/mol. The van der Waals surface area contributed by atoms with Crippen LogP contribution in [0.25, 0.3) is 0 Å². The van der Waals surface area contributed by atoms with Crippen molar-refractivity contribution in [2.75, 3.05) is 39.8 Å². The van der Waals surface area contributed by atoms with Crippen LogP contribution in [0.4, 0.5) is 5.69 Å². The van der Waals surface area contributed by atoms with Crippen molar-refractivity contribution >= 4 is 11.6 Å². The number of carbonyl (C=O) groups is 1. The number of ether oxygens (including phenoxy) is 1. The van der Waals surface area contributed by atoms with Crippen LogP contribution in [0.5, 0.6) is 5.75 Å². The van der Waals surface area contributed by atoms with Crippen LogP contribution in [0, 0.1) is 17.0 Å². The number of hydrazine groups is 1. The van der Waals surface area contributed by atoms with Gasteiger partial charge in [-0.2, -0.15) is 0 Å². The van der Waals surface area contributed by atoms with E-state index in [4.69, 9.17) is 4.74 Å². The number of likely N-dealkylation sites (N-methyl/N-ethyl adjacent to an activating group) is 1. The molecule has 2 N–H and O–H groups in total. The van der Waals surface area contributed by atoms with Crippen LogP contribution in [-0.2, 0) is 4.79 Å². The first-order valence-corrected chi connectivity index (χ1v) is 7.19. The molecule has 1 aliphatic heterocycles. The van der Waals surface area contributed by atoms with E-state index in [1.807, 2.05) is 5.01 Å². The number of piperazine rings is 1. The van der Waals surface area contributed by atoms with Crippen molar-refractivity contribution in [3.05, 3.63) is 33.9 Å². The number of benzene rings is 1. The lowest BCUT2D eigenvalue weighted by atomic mass is 10.2. The Hall–Kier alpha value is -2.19. The van der Waals surface area contributed by atoms with Crippen molar-refractivity contribution in [2.45, 2.75) is 6.92 Å². The molecule has 1 heterocycles. The minimum Gasteiger partial charge on any atom is -0.484 e. The fourth-order valence-corrected chi connectivity index (χ4v) is 2.28. The van der Waals surface area contributed by atoms with Gasteiger partial charge in [0.25, 0.3) is 11.6 Å². The molecule has 1 amide bonds. The van der Waals surface area contributed by atoms with Gasteiger partial charge < -0.3 is 9.64 Å². The Morgan fingerprint density at radius 2 is 2.14 bits per heavy atom. The molecule has 8 heteroatoms. The second kappa shape index (κ2) is 7.19. The average Bonchev–Trinajstić information content (AvgIpc) is 2.47. The third-order valence-electron chi connectivity index (χ3n) is 3.63. The van der Waals surface area contributed by atoms with Crippen LogP contribution in [-0.4, -0.2) is 55.7 Å². The van der Waals surface area contributed by atoms with Crippen LogP contribution in [0.1, 0.15) is 5.56 Å². The largest absolute Gasteiger partial charge is 0.484 e. The number of carbonyl (C=O) groups excluding carboxylic acids is 1. The molecule has 120 valence electrons. The predicted molar refractivity (Wildman–Crippen MR) is 79.7 cm³/mol. The molecule has 1 aliphatic rings. The standard InChI is InChI=1S/C14H20N4O4/c1-11-9-12(3-4-13(11)18(20)21)22-10-14(19)15-17-7-5-16(2)6-8-17/h3-4,9H,5-8,10H2,1-2H3,(H,15,19)/p+1. The van der Waals surface area contributed by atoms with E-state index < -0.39 is 4.92 Å². The Bertz CT molecular complexity index is 556. The van der Waals surface area contributed by atoms with Gasteiger partial charge in [0.15, 0.2) is 6.61 Å². The quantitative estimate of drug-likeness (QED) is 0.546. The molecule has 0 bridgehead atoms. The number of nitrogens with zero attached hydrogens (tertiary/aromatic N) is 2. The number of quaternary nitrogens is 1. The fraction of sp³-hybridized carbons (Fsp3) is 0.500. The second-order valence-electron chi connectivity index (χ2n) is 5.47. The number of aryl methyl sites for hydroxylation is 1. The van der Waals surface area contributed by atoms with Crippen LogP contribution < -0.4 is 15.1 Å². The van der Waals surface area contributed by atoms with Crippen molar-refractivity contribution in [3.8, 4) is 5.75 Å². The maximum atomic E-state index is 11.8. The van der Waals surface area contributed by atoms with E-state index in [0.29, 0.717) is 11.3 Å². The van der Waals surface area contributed by atoms with Gasteiger partial charge in [-0.25, -0.2) is 5.01 Å². The Morgan fingerprint density at radius 1 is 1.45 bits per heavy atom. The summed E-state index contributed by atoms with van der Waals surface area (Å²) in [6.45, 7) is 5.13. The highest BCUT2D eigenvalue weighted by atomic mass is 16.6. The van der Waals surface area contributed by atoms with Crippen molar-refractivity contribution in [1.29, 1.82) is 0 Å². The van der Waals surface area contributed by atoms with Crippen molar-refractivity contribution in [2.24, 2.45) is 0 Å². The first-order valence-electron chi connectivity index (χ1n) is 7.19. The lowest BCUT2D eigenvalue weighted by Crippen LogP contribution is -3.12.